The van der Waals surface area contributed by atoms with Crippen LogP contribution in [0.2, 0.25) is 0 Å². The van der Waals surface area contributed by atoms with E-state index >= 15 is 0 Å². The van der Waals surface area contributed by atoms with Gasteiger partial charge in [-0.25, -0.2) is 4.98 Å². The van der Waals surface area contributed by atoms with Crippen LogP contribution in [0.25, 0.3) is 0 Å². The van der Waals surface area contributed by atoms with Crippen molar-refractivity contribution in [3.63, 3.8) is 0 Å². The van der Waals surface area contributed by atoms with Crippen molar-refractivity contribution in [2.75, 3.05) is 0 Å². The van der Waals surface area contributed by atoms with Crippen molar-refractivity contribution < 1.29 is 4.79 Å². The van der Waals surface area contributed by atoms with Crippen molar-refractivity contribution in [3.8, 4) is 0 Å². The van der Waals surface area contributed by atoms with Gasteiger partial charge in [-0.15, -0.1) is 11.3 Å². The molecule has 1 atom stereocenters. The molecule has 90 valence electrons. The molecule has 0 aliphatic carbocycles. The SMILES string of the molecule is Cc1nc(CC(=O)CC(C)C(C)(C)C)cs1. The summed E-state index contributed by atoms with van der Waals surface area (Å²) in [6.45, 7) is 10.6. The van der Waals surface area contributed by atoms with Gasteiger partial charge in [-0.3, -0.25) is 4.79 Å². The first kappa shape index (κ1) is 13.4. The minimum absolute atomic E-state index is 0.202. The van der Waals surface area contributed by atoms with E-state index in [1.54, 1.807) is 11.3 Å². The van der Waals surface area contributed by atoms with Crippen LogP contribution in [0, 0.1) is 18.3 Å². The fourth-order valence-corrected chi connectivity index (χ4v) is 2.02. The number of hydrogen-bond donors (Lipinski definition) is 0. The molecule has 1 unspecified atom stereocenters. The van der Waals surface area contributed by atoms with Gasteiger partial charge in [0.2, 0.25) is 0 Å². The summed E-state index contributed by atoms with van der Waals surface area (Å²) < 4.78 is 0. The van der Waals surface area contributed by atoms with E-state index in [1.807, 2.05) is 12.3 Å². The lowest BCUT2D eigenvalue weighted by Crippen LogP contribution is -2.21. The van der Waals surface area contributed by atoms with Crippen LogP contribution >= 0.6 is 11.3 Å². The Morgan fingerprint density at radius 2 is 2.12 bits per heavy atom. The summed E-state index contributed by atoms with van der Waals surface area (Å²) in [4.78, 5) is 16.2. The van der Waals surface area contributed by atoms with Crippen LogP contribution in [0.15, 0.2) is 5.38 Å². The lowest BCUT2D eigenvalue weighted by Gasteiger charge is -2.26. The first-order valence-corrected chi connectivity index (χ1v) is 6.59. The molecule has 1 rings (SSSR count). The summed E-state index contributed by atoms with van der Waals surface area (Å²) in [5.41, 5.74) is 1.13. The van der Waals surface area contributed by atoms with Crippen LogP contribution in [0.1, 0.15) is 44.8 Å². The van der Waals surface area contributed by atoms with E-state index < -0.39 is 0 Å². The first-order valence-electron chi connectivity index (χ1n) is 5.71. The average molecular weight is 239 g/mol. The van der Waals surface area contributed by atoms with Crippen molar-refractivity contribution in [1.82, 2.24) is 4.98 Å². The second-order valence-corrected chi connectivity index (χ2v) is 6.61. The fraction of sp³-hybridized carbons (Fsp3) is 0.692. The molecule has 3 heteroatoms. The van der Waals surface area contributed by atoms with E-state index in [-0.39, 0.29) is 5.41 Å². The highest BCUT2D eigenvalue weighted by Crippen LogP contribution is 2.28. The highest BCUT2D eigenvalue weighted by molar-refractivity contribution is 7.09. The van der Waals surface area contributed by atoms with Gasteiger partial charge in [0, 0.05) is 18.2 Å². The van der Waals surface area contributed by atoms with Gasteiger partial charge in [-0.2, -0.15) is 0 Å². The number of hydrogen-bond acceptors (Lipinski definition) is 3. The predicted octanol–water partition coefficient (Wildman–Crippen LogP) is 3.64. The first-order chi connectivity index (χ1) is 7.29. The molecule has 1 aromatic rings. The van der Waals surface area contributed by atoms with Gasteiger partial charge < -0.3 is 0 Å². The fourth-order valence-electron chi connectivity index (χ4n) is 1.41. The zero-order chi connectivity index (χ0) is 12.3. The third-order valence-corrected chi connectivity index (χ3v) is 3.88. The molecule has 0 amide bonds. The monoisotopic (exact) mass is 239 g/mol. The van der Waals surface area contributed by atoms with E-state index in [0.717, 1.165) is 10.7 Å². The molecule has 0 aliphatic heterocycles. The number of nitrogens with zero attached hydrogens (tertiary/aromatic N) is 1. The minimum atomic E-state index is 0.202. The van der Waals surface area contributed by atoms with Crippen LogP contribution in [0.4, 0.5) is 0 Å². The van der Waals surface area contributed by atoms with Crippen LogP contribution in [-0.4, -0.2) is 10.8 Å². The van der Waals surface area contributed by atoms with Gasteiger partial charge in [-0.1, -0.05) is 27.7 Å². The highest BCUT2D eigenvalue weighted by Gasteiger charge is 2.22. The van der Waals surface area contributed by atoms with E-state index in [0.29, 0.717) is 24.5 Å². The maximum atomic E-state index is 11.8. The Balaban J connectivity index is 2.48. The number of ketones is 1. The lowest BCUT2D eigenvalue weighted by molar-refractivity contribution is -0.120. The standard InChI is InChI=1S/C13H21NOS/c1-9(13(3,4)5)6-12(15)7-11-8-16-10(2)14-11/h8-9H,6-7H2,1-5H3. The molecular weight excluding hydrogens is 218 g/mol. The summed E-state index contributed by atoms with van der Waals surface area (Å²) in [6.07, 6.45) is 1.14. The summed E-state index contributed by atoms with van der Waals surface area (Å²) >= 11 is 1.61. The van der Waals surface area contributed by atoms with E-state index in [9.17, 15) is 4.79 Å². The van der Waals surface area contributed by atoms with Crippen LogP contribution in [0.3, 0.4) is 0 Å². The highest BCUT2D eigenvalue weighted by atomic mass is 32.1. The Labute approximate surface area is 102 Å². The summed E-state index contributed by atoms with van der Waals surface area (Å²) in [5.74, 6) is 0.715. The van der Waals surface area contributed by atoms with Crippen molar-refractivity contribution >= 4 is 17.1 Å². The Morgan fingerprint density at radius 1 is 1.50 bits per heavy atom. The molecule has 1 heterocycles. The van der Waals surface area contributed by atoms with E-state index in [2.05, 4.69) is 32.7 Å². The summed E-state index contributed by atoms with van der Waals surface area (Å²) in [5, 5.41) is 3.02. The summed E-state index contributed by atoms with van der Waals surface area (Å²) in [6, 6.07) is 0. The maximum absolute atomic E-state index is 11.8. The third kappa shape index (κ3) is 4.05. The van der Waals surface area contributed by atoms with Gasteiger partial charge in [-0.05, 0) is 18.3 Å². The zero-order valence-electron chi connectivity index (χ0n) is 10.8. The van der Waals surface area contributed by atoms with Gasteiger partial charge in [0.15, 0.2) is 0 Å². The normalized spacial score (nSPS) is 13.8. The average Bonchev–Trinajstić information content (AvgIpc) is 2.49. The number of thiazole rings is 1. The molecule has 0 radical (unpaired) electrons. The zero-order valence-corrected chi connectivity index (χ0v) is 11.6. The largest absolute Gasteiger partial charge is 0.299 e. The molecule has 0 spiro atoms. The molecule has 0 bridgehead atoms. The molecule has 2 nitrogen and oxygen atoms in total. The van der Waals surface area contributed by atoms with Crippen LogP contribution < -0.4 is 0 Å². The van der Waals surface area contributed by atoms with Crippen molar-refractivity contribution in [1.29, 1.82) is 0 Å². The van der Waals surface area contributed by atoms with Gasteiger partial charge in [0.05, 0.1) is 10.7 Å². The molecule has 0 saturated carbocycles. The summed E-state index contributed by atoms with van der Waals surface area (Å²) in [7, 11) is 0. The van der Waals surface area contributed by atoms with Gasteiger partial charge in [0.25, 0.3) is 0 Å². The Kier molecular flexibility index (Phi) is 4.25. The maximum Gasteiger partial charge on any atom is 0.139 e. The van der Waals surface area contributed by atoms with Gasteiger partial charge >= 0.3 is 0 Å². The third-order valence-electron chi connectivity index (χ3n) is 3.06. The molecule has 0 aliphatic rings. The minimum Gasteiger partial charge on any atom is -0.299 e. The number of carbonyl (C=O) groups is 1. The van der Waals surface area contributed by atoms with E-state index in [4.69, 9.17) is 0 Å². The topological polar surface area (TPSA) is 30.0 Å². The van der Waals surface area contributed by atoms with Crippen molar-refractivity contribution in [3.05, 3.63) is 16.1 Å². The number of aromatic nitrogens is 1. The van der Waals surface area contributed by atoms with Crippen LogP contribution in [-0.2, 0) is 11.2 Å². The molecule has 0 saturated heterocycles. The molecule has 0 aromatic carbocycles. The Bertz CT molecular complexity index is 362. The number of carbonyl (C=O) groups excluding carboxylic acids is 1. The van der Waals surface area contributed by atoms with Crippen molar-refractivity contribution in [2.24, 2.45) is 11.3 Å². The van der Waals surface area contributed by atoms with Crippen molar-refractivity contribution in [2.45, 2.75) is 47.5 Å². The Morgan fingerprint density at radius 3 is 2.56 bits per heavy atom. The van der Waals surface area contributed by atoms with E-state index in [1.165, 1.54) is 0 Å². The Hall–Kier alpha value is -0.700. The second kappa shape index (κ2) is 5.09. The molecule has 1 aromatic heterocycles. The quantitative estimate of drug-likeness (QED) is 0.803. The number of rotatable bonds is 4. The molecule has 0 N–H and O–H groups in total. The molecule has 0 fully saturated rings. The van der Waals surface area contributed by atoms with Gasteiger partial charge in [0.1, 0.15) is 5.78 Å². The number of Topliss-reactive ketones (excluding diaryl/α,β-unsaturated/α-hetero) is 1. The second-order valence-electron chi connectivity index (χ2n) is 5.54. The molecular formula is C13H21NOS. The number of aryl methyl sites for hydroxylation is 1. The smallest absolute Gasteiger partial charge is 0.139 e. The predicted molar refractivity (Wildman–Crippen MR) is 68.8 cm³/mol. The molecule has 16 heavy (non-hydrogen) atoms. The van der Waals surface area contributed by atoms with Crippen LogP contribution in [0.5, 0.6) is 0 Å². The lowest BCUT2D eigenvalue weighted by atomic mass is 9.79.